The monoisotopic (exact) mass is 563 g/mol. The van der Waals surface area contributed by atoms with Gasteiger partial charge in [-0.1, -0.05) is 35.3 Å². The number of hydrogen-bond donors (Lipinski definition) is 4. The molecule has 0 aromatic heterocycles. The normalized spacial score (nSPS) is 15.7. The smallest absolute Gasteiger partial charge is 0.305 e. The van der Waals surface area contributed by atoms with Crippen molar-refractivity contribution < 1.29 is 33.9 Å². The fraction of sp³-hybridized carbons (Fsp3) is 0.250. The molecule has 3 rings (SSSR count). The summed E-state index contributed by atoms with van der Waals surface area (Å²) in [5.41, 5.74) is 6.29. The van der Waals surface area contributed by atoms with Gasteiger partial charge < -0.3 is 31.2 Å². The molecule has 0 fully saturated rings. The molecule has 1 aliphatic rings. The SMILES string of the molecule is CC(=O)N1C[C@H](NC(=O)c2cc(Cl)c(N)c(Cl)c2)C(=O)N(CC(=O)N[C@H](C=O)CC(=O)O)c2ccccc21. The van der Waals surface area contributed by atoms with E-state index < -0.39 is 54.6 Å². The predicted molar refractivity (Wildman–Crippen MR) is 139 cm³/mol. The Kier molecular flexibility index (Phi) is 8.92. The summed E-state index contributed by atoms with van der Waals surface area (Å²) in [6.07, 6.45) is -0.378. The summed E-state index contributed by atoms with van der Waals surface area (Å²) in [4.78, 5) is 76.4. The fourth-order valence-corrected chi connectivity index (χ4v) is 4.32. The number of halogens is 2. The van der Waals surface area contributed by atoms with Crippen molar-refractivity contribution in [2.24, 2.45) is 0 Å². The van der Waals surface area contributed by atoms with Gasteiger partial charge in [-0.2, -0.15) is 0 Å². The minimum absolute atomic E-state index is 0.00456. The van der Waals surface area contributed by atoms with Gasteiger partial charge in [0.15, 0.2) is 0 Å². The lowest BCUT2D eigenvalue weighted by Crippen LogP contribution is -2.54. The highest BCUT2D eigenvalue weighted by Gasteiger charge is 2.37. The zero-order chi connectivity index (χ0) is 28.1. The highest BCUT2D eigenvalue weighted by Crippen LogP contribution is 2.33. The van der Waals surface area contributed by atoms with Crippen LogP contribution in [0.2, 0.25) is 10.0 Å². The van der Waals surface area contributed by atoms with E-state index in [1.807, 2.05) is 0 Å². The lowest BCUT2D eigenvalue weighted by molar-refractivity contribution is -0.139. The number of carbonyl (C=O) groups excluding carboxylic acids is 5. The van der Waals surface area contributed by atoms with E-state index in [-0.39, 0.29) is 39.8 Å². The average Bonchev–Trinajstić information content (AvgIpc) is 2.96. The van der Waals surface area contributed by atoms with Crippen molar-refractivity contribution in [2.45, 2.75) is 25.4 Å². The van der Waals surface area contributed by atoms with Crippen LogP contribution in [-0.4, -0.2) is 66.2 Å². The Morgan fingerprint density at radius 1 is 1.16 bits per heavy atom. The quantitative estimate of drug-likeness (QED) is 0.273. The summed E-state index contributed by atoms with van der Waals surface area (Å²) >= 11 is 12.1. The van der Waals surface area contributed by atoms with Crippen molar-refractivity contribution in [3.63, 3.8) is 0 Å². The van der Waals surface area contributed by atoms with Gasteiger partial charge in [-0.15, -0.1) is 0 Å². The lowest BCUT2D eigenvalue weighted by atomic mass is 10.1. The first-order chi connectivity index (χ1) is 17.9. The number of aldehydes is 1. The Morgan fingerprint density at radius 3 is 2.32 bits per heavy atom. The number of amides is 4. The number of nitrogens with one attached hydrogen (secondary N) is 2. The van der Waals surface area contributed by atoms with E-state index in [0.29, 0.717) is 5.69 Å². The molecule has 0 saturated heterocycles. The Balaban J connectivity index is 1.96. The molecule has 4 amide bonds. The number of nitrogens with two attached hydrogens (primary N) is 1. The Labute approximate surface area is 226 Å². The fourth-order valence-electron chi connectivity index (χ4n) is 3.83. The molecular weight excluding hydrogens is 541 g/mol. The summed E-state index contributed by atoms with van der Waals surface area (Å²) in [5.74, 6) is -4.05. The number of aliphatic carboxylic acids is 1. The van der Waals surface area contributed by atoms with Gasteiger partial charge in [0, 0.05) is 12.5 Å². The van der Waals surface area contributed by atoms with Gasteiger partial charge in [-0.3, -0.25) is 28.9 Å². The number of para-hydroxylation sites is 2. The zero-order valence-corrected chi connectivity index (χ0v) is 21.5. The first kappa shape index (κ1) is 28.4. The molecule has 0 spiro atoms. The second-order valence-electron chi connectivity index (χ2n) is 8.33. The van der Waals surface area contributed by atoms with E-state index >= 15 is 0 Å². The number of fused-ring (bicyclic) bond motifs is 1. The number of carbonyl (C=O) groups is 6. The minimum Gasteiger partial charge on any atom is -0.481 e. The molecule has 12 nitrogen and oxygen atoms in total. The van der Waals surface area contributed by atoms with Crippen LogP contribution in [0.5, 0.6) is 0 Å². The summed E-state index contributed by atoms with van der Waals surface area (Å²) in [6.45, 7) is 0.390. The summed E-state index contributed by atoms with van der Waals surface area (Å²) < 4.78 is 0. The van der Waals surface area contributed by atoms with E-state index in [2.05, 4.69) is 10.6 Å². The maximum atomic E-state index is 13.7. The Bertz CT molecular complexity index is 1300. The predicted octanol–water partition coefficient (Wildman–Crippen LogP) is 1.23. The molecule has 0 unspecified atom stereocenters. The molecule has 38 heavy (non-hydrogen) atoms. The molecule has 2 atom stereocenters. The van der Waals surface area contributed by atoms with E-state index in [9.17, 15) is 28.8 Å². The lowest BCUT2D eigenvalue weighted by Gasteiger charge is -2.25. The summed E-state index contributed by atoms with van der Waals surface area (Å²) in [6, 6.07) is 6.19. The maximum Gasteiger partial charge on any atom is 0.305 e. The number of benzene rings is 2. The molecule has 2 aromatic carbocycles. The first-order valence-electron chi connectivity index (χ1n) is 11.1. The standard InChI is InChI=1S/C24H23Cl2N5O7/c1-12(33)30-9-17(29-23(37)13-6-15(25)22(27)16(26)7-13)24(38)31(19-5-3-2-4-18(19)30)10-20(34)28-14(11-32)8-21(35)36/h2-7,11,14,17H,8-10,27H2,1H3,(H,28,34)(H,29,37)(H,35,36)/t14-,17-/m0/s1. The van der Waals surface area contributed by atoms with Crippen LogP contribution < -0.4 is 26.2 Å². The molecule has 1 aliphatic heterocycles. The molecule has 2 aromatic rings. The van der Waals surface area contributed by atoms with Crippen LogP contribution in [0.15, 0.2) is 36.4 Å². The van der Waals surface area contributed by atoms with Crippen molar-refractivity contribution in [3.8, 4) is 0 Å². The number of rotatable bonds is 8. The topological polar surface area (TPSA) is 179 Å². The highest BCUT2D eigenvalue weighted by atomic mass is 35.5. The molecule has 0 saturated carbocycles. The average molecular weight is 564 g/mol. The van der Waals surface area contributed by atoms with Gasteiger partial charge in [0.05, 0.1) is 46.1 Å². The Morgan fingerprint density at radius 2 is 1.76 bits per heavy atom. The molecule has 14 heteroatoms. The number of carboxylic acid groups (broad SMARTS) is 1. The van der Waals surface area contributed by atoms with E-state index in [0.717, 1.165) is 4.90 Å². The largest absolute Gasteiger partial charge is 0.481 e. The van der Waals surface area contributed by atoms with Gasteiger partial charge in [-0.05, 0) is 24.3 Å². The maximum absolute atomic E-state index is 13.7. The minimum atomic E-state index is -1.32. The molecule has 0 bridgehead atoms. The van der Waals surface area contributed by atoms with Crippen LogP contribution in [0.25, 0.3) is 0 Å². The van der Waals surface area contributed by atoms with Crippen molar-refractivity contribution >= 4 is 76.1 Å². The van der Waals surface area contributed by atoms with Crippen LogP contribution in [0, 0.1) is 0 Å². The second kappa shape index (κ2) is 11.9. The van der Waals surface area contributed by atoms with Crippen molar-refractivity contribution in [1.82, 2.24) is 10.6 Å². The third-order valence-electron chi connectivity index (χ3n) is 5.63. The van der Waals surface area contributed by atoms with Crippen LogP contribution in [0.4, 0.5) is 17.1 Å². The summed E-state index contributed by atoms with van der Waals surface area (Å²) in [5, 5.41) is 13.8. The second-order valence-corrected chi connectivity index (χ2v) is 9.14. The van der Waals surface area contributed by atoms with Gasteiger partial charge in [-0.25, -0.2) is 0 Å². The molecule has 5 N–H and O–H groups in total. The zero-order valence-electron chi connectivity index (χ0n) is 19.9. The van der Waals surface area contributed by atoms with E-state index in [4.69, 9.17) is 34.0 Å². The van der Waals surface area contributed by atoms with E-state index in [1.165, 1.54) is 30.0 Å². The number of anilines is 3. The van der Waals surface area contributed by atoms with Crippen LogP contribution in [0.3, 0.4) is 0 Å². The van der Waals surface area contributed by atoms with Crippen molar-refractivity contribution in [1.29, 1.82) is 0 Å². The van der Waals surface area contributed by atoms with Crippen LogP contribution >= 0.6 is 23.2 Å². The number of carboxylic acids is 1. The first-order valence-corrected chi connectivity index (χ1v) is 11.9. The van der Waals surface area contributed by atoms with Gasteiger partial charge in [0.1, 0.15) is 18.9 Å². The molecular formula is C24H23Cl2N5O7. The highest BCUT2D eigenvalue weighted by molar-refractivity contribution is 6.39. The molecule has 0 radical (unpaired) electrons. The molecule has 1 heterocycles. The number of nitrogens with zero attached hydrogens (tertiary/aromatic N) is 2. The van der Waals surface area contributed by atoms with E-state index in [1.54, 1.807) is 18.2 Å². The number of nitrogen functional groups attached to an aromatic ring is 1. The van der Waals surface area contributed by atoms with Crippen molar-refractivity contribution in [3.05, 3.63) is 52.0 Å². The Hall–Kier alpha value is -4.16. The molecule has 200 valence electrons. The van der Waals surface area contributed by atoms with Gasteiger partial charge >= 0.3 is 5.97 Å². The molecule has 0 aliphatic carbocycles. The summed E-state index contributed by atoms with van der Waals surface area (Å²) in [7, 11) is 0. The van der Waals surface area contributed by atoms with Crippen LogP contribution in [-0.2, 0) is 24.0 Å². The third-order valence-corrected chi connectivity index (χ3v) is 6.25. The number of hydrogen-bond acceptors (Lipinski definition) is 7. The van der Waals surface area contributed by atoms with Gasteiger partial charge in [0.2, 0.25) is 11.8 Å². The van der Waals surface area contributed by atoms with Gasteiger partial charge in [0.25, 0.3) is 11.8 Å². The van der Waals surface area contributed by atoms with Crippen molar-refractivity contribution in [2.75, 3.05) is 28.6 Å². The van der Waals surface area contributed by atoms with Crippen LogP contribution in [0.1, 0.15) is 23.7 Å². The third kappa shape index (κ3) is 6.39.